The van der Waals surface area contributed by atoms with Crippen molar-refractivity contribution in [2.45, 2.75) is 50.3 Å². The van der Waals surface area contributed by atoms with E-state index in [9.17, 15) is 14.4 Å². The number of rotatable bonds is 5. The van der Waals surface area contributed by atoms with Crippen molar-refractivity contribution in [3.8, 4) is 0 Å². The van der Waals surface area contributed by atoms with E-state index in [1.807, 2.05) is 0 Å². The molecule has 0 bridgehead atoms. The van der Waals surface area contributed by atoms with E-state index in [1.54, 1.807) is 0 Å². The van der Waals surface area contributed by atoms with Crippen molar-refractivity contribution in [3.05, 3.63) is 0 Å². The van der Waals surface area contributed by atoms with E-state index in [2.05, 4.69) is 0 Å². The summed E-state index contributed by atoms with van der Waals surface area (Å²) in [4.78, 5) is 30.5. The van der Waals surface area contributed by atoms with Gasteiger partial charge in [-0.1, -0.05) is 12.8 Å². The van der Waals surface area contributed by atoms with Crippen molar-refractivity contribution < 1.29 is 55.9 Å². The van der Waals surface area contributed by atoms with Crippen molar-refractivity contribution in [1.82, 2.24) is 0 Å². The molecule has 0 aliphatic heterocycles. The minimum absolute atomic E-state index is 0. The smallest absolute Gasteiger partial charge is 0.333 e. The zero-order chi connectivity index (χ0) is 16.6. The molecule has 4 unspecified atom stereocenters. The second-order valence-corrected chi connectivity index (χ2v) is 4.94. The summed E-state index contributed by atoms with van der Waals surface area (Å²) < 4.78 is 0. The Kier molecular flexibility index (Phi) is 12.2. The van der Waals surface area contributed by atoms with E-state index in [-0.39, 0.29) is 33.1 Å². The first-order valence-electron chi connectivity index (χ1n) is 6.53. The van der Waals surface area contributed by atoms with Crippen LogP contribution in [0, 0.1) is 5.92 Å². The van der Waals surface area contributed by atoms with E-state index in [0.717, 1.165) is 12.8 Å². The summed E-state index contributed by atoms with van der Waals surface area (Å²) >= 11 is 0. The number of nitrogens with two attached hydrogens (primary N) is 2. The van der Waals surface area contributed by atoms with Crippen LogP contribution < -0.4 is 11.5 Å². The van der Waals surface area contributed by atoms with E-state index in [0.29, 0.717) is 0 Å². The fourth-order valence-electron chi connectivity index (χ4n) is 1.88. The first-order valence-corrected chi connectivity index (χ1v) is 6.53. The van der Waals surface area contributed by atoms with Gasteiger partial charge < -0.3 is 31.9 Å². The topological polar surface area (TPSA) is 184 Å². The molecule has 22 heavy (non-hydrogen) atoms. The number of carbonyl (C=O) groups is 3. The molecule has 9 nitrogen and oxygen atoms in total. The summed E-state index contributed by atoms with van der Waals surface area (Å²) in [5.41, 5.74) is 11.3. The molecule has 0 heterocycles. The Morgan fingerprint density at radius 3 is 1.59 bits per heavy atom. The van der Waals surface area contributed by atoms with Crippen molar-refractivity contribution in [3.63, 3.8) is 0 Å². The maximum Gasteiger partial charge on any atom is 0.333 e. The molecule has 10 heteroatoms. The van der Waals surface area contributed by atoms with Gasteiger partial charge in [0.25, 0.3) is 0 Å². The summed E-state index contributed by atoms with van der Waals surface area (Å²) in [5, 5.41) is 33.5. The van der Waals surface area contributed by atoms with Gasteiger partial charge in [-0.3, -0.25) is 9.59 Å². The van der Waals surface area contributed by atoms with Gasteiger partial charge in [-0.05, 0) is 12.8 Å². The number of aliphatic carboxylic acids is 3. The molecule has 1 fully saturated rings. The molecule has 1 saturated carbocycles. The van der Waals surface area contributed by atoms with Crippen LogP contribution in [0.5, 0.6) is 0 Å². The van der Waals surface area contributed by atoms with Gasteiger partial charge in [0, 0.05) is 33.1 Å². The van der Waals surface area contributed by atoms with Crippen LogP contribution in [0.3, 0.4) is 0 Å². The molecule has 0 amide bonds. The maximum atomic E-state index is 10.3. The molecule has 0 aromatic heterocycles. The average molecular weight is 501 g/mol. The monoisotopic (exact) mass is 501 g/mol. The Labute approximate surface area is 141 Å². The fourth-order valence-corrected chi connectivity index (χ4v) is 1.88. The molecular formula is C12H22N2O7Pt. The molecule has 1 aliphatic rings. The van der Waals surface area contributed by atoms with Crippen LogP contribution in [0.1, 0.15) is 32.1 Å². The van der Waals surface area contributed by atoms with Gasteiger partial charge in [0.1, 0.15) is 5.92 Å². The molecule has 1 rings (SSSR count). The molecule has 0 spiro atoms. The Hall–Kier alpha value is -1.02. The number of hydrogen-bond donors (Lipinski definition) is 6. The molecule has 0 aromatic rings. The van der Waals surface area contributed by atoms with Gasteiger partial charge in [-0.15, -0.1) is 0 Å². The van der Waals surface area contributed by atoms with Crippen molar-refractivity contribution in [2.75, 3.05) is 0 Å². The summed E-state index contributed by atoms with van der Waals surface area (Å²) in [6, 6.07) is 0.562. The summed E-state index contributed by atoms with van der Waals surface area (Å²) in [6.07, 6.45) is 1.67. The van der Waals surface area contributed by atoms with Crippen molar-refractivity contribution >= 4 is 17.9 Å². The van der Waals surface area contributed by atoms with Gasteiger partial charge in [-0.2, -0.15) is 0 Å². The zero-order valence-corrected chi connectivity index (χ0v) is 14.1. The van der Waals surface area contributed by atoms with Crippen LogP contribution >= 0.6 is 0 Å². The first kappa shape index (κ1) is 23.2. The van der Waals surface area contributed by atoms with Crippen LogP contribution in [0.4, 0.5) is 0 Å². The van der Waals surface area contributed by atoms with Crippen LogP contribution in [-0.2, 0) is 35.4 Å². The third-order valence-electron chi connectivity index (χ3n) is 3.22. The summed E-state index contributed by atoms with van der Waals surface area (Å²) in [5.74, 6) is -6.71. The number of hydrogen-bond acceptors (Lipinski definition) is 6. The normalized spacial score (nSPS) is 23.0. The minimum Gasteiger partial charge on any atom is -0.481 e. The molecule has 0 saturated heterocycles. The number of aliphatic hydroxyl groups is 1. The molecule has 0 aromatic carbocycles. The minimum atomic E-state index is -2.20. The van der Waals surface area contributed by atoms with Crippen LogP contribution in [-0.4, -0.2) is 56.5 Å². The fraction of sp³-hybridized carbons (Fsp3) is 0.750. The van der Waals surface area contributed by atoms with Gasteiger partial charge in [0.15, 0.2) is 6.10 Å². The third-order valence-corrected chi connectivity index (χ3v) is 3.22. The average Bonchev–Trinajstić information content (AvgIpc) is 2.39. The predicted octanol–water partition coefficient (Wildman–Crippen LogP) is -1.18. The molecule has 8 N–H and O–H groups in total. The van der Waals surface area contributed by atoms with Crippen LogP contribution in [0.2, 0.25) is 0 Å². The number of carboxylic acids is 3. The third kappa shape index (κ3) is 9.09. The first-order chi connectivity index (χ1) is 9.66. The largest absolute Gasteiger partial charge is 0.481 e. The molecule has 4 atom stereocenters. The summed E-state index contributed by atoms with van der Waals surface area (Å²) in [6.45, 7) is 0. The van der Waals surface area contributed by atoms with E-state index in [4.69, 9.17) is 31.9 Å². The number of carboxylic acid groups (broad SMARTS) is 3. The Morgan fingerprint density at radius 1 is 0.955 bits per heavy atom. The van der Waals surface area contributed by atoms with Gasteiger partial charge in [-0.25, -0.2) is 4.79 Å². The summed E-state index contributed by atoms with van der Waals surface area (Å²) in [7, 11) is 0. The Morgan fingerprint density at radius 2 is 1.36 bits per heavy atom. The van der Waals surface area contributed by atoms with Crippen molar-refractivity contribution in [2.24, 2.45) is 17.4 Å². The SMILES string of the molecule is NC1CCCCC1N.O=C(O)CC(C(=O)O)C(O)C(=O)O.[Pt]. The zero-order valence-electron chi connectivity index (χ0n) is 11.8. The Bertz CT molecular complexity index is 370. The van der Waals surface area contributed by atoms with Crippen molar-refractivity contribution in [1.29, 1.82) is 0 Å². The maximum absolute atomic E-state index is 10.3. The van der Waals surface area contributed by atoms with Crippen LogP contribution in [0.25, 0.3) is 0 Å². The second-order valence-electron chi connectivity index (χ2n) is 4.94. The predicted molar refractivity (Wildman–Crippen MR) is 71.4 cm³/mol. The van der Waals surface area contributed by atoms with E-state index in [1.165, 1.54) is 12.8 Å². The second kappa shape index (κ2) is 11.5. The molecule has 132 valence electrons. The van der Waals surface area contributed by atoms with Gasteiger partial charge in [0.2, 0.25) is 0 Å². The van der Waals surface area contributed by atoms with Gasteiger partial charge in [0.05, 0.1) is 6.42 Å². The van der Waals surface area contributed by atoms with E-state index >= 15 is 0 Å². The molecule has 0 radical (unpaired) electrons. The van der Waals surface area contributed by atoms with Gasteiger partial charge >= 0.3 is 17.9 Å². The Balaban J connectivity index is 0. The molecular weight excluding hydrogens is 479 g/mol. The molecule has 1 aliphatic carbocycles. The van der Waals surface area contributed by atoms with E-state index < -0.39 is 36.4 Å². The standard InChI is InChI=1S/C6H14N2.C6H8O7.Pt/c7-5-3-1-2-4-6(5)8;7-3(8)1-2(5(10)11)4(9)6(12)13;/h5-6H,1-4,7-8H2;2,4,9H,1H2,(H,7,8)(H,10,11)(H,12,13);. The van der Waals surface area contributed by atoms with Crippen LogP contribution in [0.15, 0.2) is 0 Å². The number of aliphatic hydroxyl groups excluding tert-OH is 1. The quantitative estimate of drug-likeness (QED) is 0.270.